The van der Waals surface area contributed by atoms with E-state index in [0.29, 0.717) is 5.56 Å². The van der Waals surface area contributed by atoms with Crippen molar-refractivity contribution in [3.05, 3.63) is 34.6 Å². The molecule has 14 heavy (non-hydrogen) atoms. The van der Waals surface area contributed by atoms with Gasteiger partial charge >= 0.3 is 5.97 Å². The van der Waals surface area contributed by atoms with Gasteiger partial charge in [0.1, 0.15) is 5.82 Å². The average molecular weight is 217 g/mol. The molecule has 0 aliphatic rings. The molecule has 0 aliphatic heterocycles. The highest BCUT2D eigenvalue weighted by atomic mass is 35.5. The fourth-order valence-corrected chi connectivity index (χ4v) is 1.26. The number of carbonyl (C=O) groups is 1. The van der Waals surface area contributed by atoms with Crippen molar-refractivity contribution in [2.45, 2.75) is 19.3 Å². The van der Waals surface area contributed by atoms with Crippen molar-refractivity contribution in [3.63, 3.8) is 0 Å². The lowest BCUT2D eigenvalue weighted by Gasteiger charge is -2.19. The Bertz CT molecular complexity index is 354. The van der Waals surface area contributed by atoms with Gasteiger partial charge in [0.05, 0.1) is 5.41 Å². The summed E-state index contributed by atoms with van der Waals surface area (Å²) >= 11 is 5.63. The molecule has 0 atom stereocenters. The zero-order valence-corrected chi connectivity index (χ0v) is 8.60. The van der Waals surface area contributed by atoms with Crippen molar-refractivity contribution in [3.8, 4) is 0 Å². The first kappa shape index (κ1) is 11.0. The van der Waals surface area contributed by atoms with Crippen LogP contribution in [0.3, 0.4) is 0 Å². The summed E-state index contributed by atoms with van der Waals surface area (Å²) in [5.74, 6) is -1.54. The number of benzene rings is 1. The molecule has 0 aromatic heterocycles. The monoisotopic (exact) mass is 216 g/mol. The minimum atomic E-state index is -1.13. The standard InChI is InChI=1S/C10H10ClFO2/c1-10(2,9(13)14)6-3-7(11)5-8(12)4-6/h3-5H,1-2H3,(H,13,14). The lowest BCUT2D eigenvalue weighted by atomic mass is 9.85. The first-order valence-electron chi connectivity index (χ1n) is 4.04. The molecular weight excluding hydrogens is 207 g/mol. The lowest BCUT2D eigenvalue weighted by molar-refractivity contribution is -0.142. The lowest BCUT2D eigenvalue weighted by Crippen LogP contribution is -2.28. The summed E-state index contributed by atoms with van der Waals surface area (Å²) in [5, 5.41) is 9.11. The summed E-state index contributed by atoms with van der Waals surface area (Å²) in [4.78, 5) is 10.9. The van der Waals surface area contributed by atoms with Gasteiger partial charge in [-0.1, -0.05) is 11.6 Å². The quantitative estimate of drug-likeness (QED) is 0.826. The predicted octanol–water partition coefficient (Wildman–Crippen LogP) is 2.84. The van der Waals surface area contributed by atoms with Crippen LogP contribution in [0, 0.1) is 5.82 Å². The van der Waals surface area contributed by atoms with Crippen LogP contribution in [0.15, 0.2) is 18.2 Å². The van der Waals surface area contributed by atoms with Gasteiger partial charge < -0.3 is 5.11 Å². The summed E-state index contributed by atoms with van der Waals surface area (Å²) in [6.45, 7) is 3.00. The Balaban J connectivity index is 3.25. The van der Waals surface area contributed by atoms with Gasteiger partial charge in [0.2, 0.25) is 0 Å². The molecule has 0 unspecified atom stereocenters. The summed E-state index contributed by atoms with van der Waals surface area (Å²) < 4.78 is 12.9. The minimum absolute atomic E-state index is 0.203. The Morgan fingerprint density at radius 2 is 2.00 bits per heavy atom. The van der Waals surface area contributed by atoms with Crippen LogP contribution in [-0.2, 0) is 10.2 Å². The van der Waals surface area contributed by atoms with Crippen LogP contribution in [0.1, 0.15) is 19.4 Å². The smallest absolute Gasteiger partial charge is 0.313 e. The van der Waals surface area contributed by atoms with Gasteiger partial charge in [-0.3, -0.25) is 4.79 Å². The maximum absolute atomic E-state index is 12.9. The number of halogens is 2. The molecule has 1 aromatic rings. The summed E-state index contributed by atoms with van der Waals surface area (Å²) in [5.41, 5.74) is -0.777. The minimum Gasteiger partial charge on any atom is -0.481 e. The van der Waals surface area contributed by atoms with E-state index in [1.54, 1.807) is 0 Å². The van der Waals surface area contributed by atoms with E-state index < -0.39 is 17.2 Å². The first-order valence-corrected chi connectivity index (χ1v) is 4.42. The van der Waals surface area contributed by atoms with Crippen LogP contribution in [-0.4, -0.2) is 11.1 Å². The average Bonchev–Trinajstić information content (AvgIpc) is 2.01. The van der Waals surface area contributed by atoms with Crippen molar-refractivity contribution in [2.24, 2.45) is 0 Å². The van der Waals surface area contributed by atoms with E-state index in [1.807, 2.05) is 0 Å². The summed E-state index contributed by atoms with van der Waals surface area (Å²) in [6, 6.07) is 3.78. The fourth-order valence-electron chi connectivity index (χ4n) is 1.04. The number of aliphatic carboxylic acids is 1. The van der Waals surface area contributed by atoms with E-state index in [1.165, 1.54) is 26.0 Å². The highest BCUT2D eigenvalue weighted by Gasteiger charge is 2.30. The van der Waals surface area contributed by atoms with Crippen LogP contribution in [0.4, 0.5) is 4.39 Å². The van der Waals surface area contributed by atoms with E-state index in [4.69, 9.17) is 16.7 Å². The van der Waals surface area contributed by atoms with Gasteiger partial charge in [0, 0.05) is 5.02 Å². The van der Waals surface area contributed by atoms with Crippen molar-refractivity contribution in [1.29, 1.82) is 0 Å². The van der Waals surface area contributed by atoms with Crippen LogP contribution >= 0.6 is 11.6 Å². The highest BCUT2D eigenvalue weighted by molar-refractivity contribution is 6.30. The number of carboxylic acids is 1. The second kappa shape index (κ2) is 3.58. The summed E-state index contributed by atoms with van der Waals surface area (Å²) in [7, 11) is 0. The topological polar surface area (TPSA) is 37.3 Å². The molecule has 4 heteroatoms. The zero-order chi connectivity index (χ0) is 10.9. The number of carboxylic acid groups (broad SMARTS) is 1. The molecule has 0 spiro atoms. The van der Waals surface area contributed by atoms with Gasteiger partial charge in [-0.25, -0.2) is 4.39 Å². The maximum atomic E-state index is 12.9. The van der Waals surface area contributed by atoms with Gasteiger partial charge in [-0.2, -0.15) is 0 Å². The fraction of sp³-hybridized carbons (Fsp3) is 0.300. The van der Waals surface area contributed by atoms with E-state index in [-0.39, 0.29) is 5.02 Å². The molecule has 1 N–H and O–H groups in total. The van der Waals surface area contributed by atoms with Gasteiger partial charge in [0.25, 0.3) is 0 Å². The van der Waals surface area contributed by atoms with Gasteiger partial charge in [-0.05, 0) is 37.6 Å². The molecule has 2 nitrogen and oxygen atoms in total. The summed E-state index contributed by atoms with van der Waals surface area (Å²) in [6.07, 6.45) is 0. The van der Waals surface area contributed by atoms with E-state index in [9.17, 15) is 9.18 Å². The molecule has 76 valence electrons. The van der Waals surface area contributed by atoms with Crippen molar-refractivity contribution in [2.75, 3.05) is 0 Å². The normalized spacial score (nSPS) is 11.4. The molecule has 0 bridgehead atoms. The molecule has 0 heterocycles. The molecule has 1 aromatic carbocycles. The highest BCUT2D eigenvalue weighted by Crippen LogP contribution is 2.26. The number of rotatable bonds is 2. The Kier molecular flexibility index (Phi) is 2.81. The molecule has 0 saturated heterocycles. The van der Waals surface area contributed by atoms with Gasteiger partial charge in [0.15, 0.2) is 0 Å². The molecule has 0 fully saturated rings. The Labute approximate surface area is 86.3 Å². The zero-order valence-electron chi connectivity index (χ0n) is 7.84. The molecule has 0 radical (unpaired) electrons. The van der Waals surface area contributed by atoms with Crippen molar-refractivity contribution in [1.82, 2.24) is 0 Å². The van der Waals surface area contributed by atoms with Crippen molar-refractivity contribution >= 4 is 17.6 Å². The van der Waals surface area contributed by atoms with Crippen molar-refractivity contribution < 1.29 is 14.3 Å². The number of hydrogen-bond donors (Lipinski definition) is 1. The SMILES string of the molecule is CC(C)(C(=O)O)c1cc(F)cc(Cl)c1. The van der Waals surface area contributed by atoms with Crippen LogP contribution in [0.2, 0.25) is 5.02 Å². The first-order chi connectivity index (χ1) is 6.34. The molecule has 0 amide bonds. The second-order valence-corrected chi connectivity index (χ2v) is 4.02. The van der Waals surface area contributed by atoms with E-state index in [0.717, 1.165) is 6.07 Å². The third-order valence-electron chi connectivity index (χ3n) is 2.12. The van der Waals surface area contributed by atoms with Crippen LogP contribution in [0.25, 0.3) is 0 Å². The Morgan fingerprint density at radius 1 is 1.43 bits per heavy atom. The molecule has 1 rings (SSSR count). The third kappa shape index (κ3) is 2.04. The largest absolute Gasteiger partial charge is 0.481 e. The van der Waals surface area contributed by atoms with E-state index in [2.05, 4.69) is 0 Å². The third-order valence-corrected chi connectivity index (χ3v) is 2.34. The van der Waals surface area contributed by atoms with E-state index >= 15 is 0 Å². The number of hydrogen-bond acceptors (Lipinski definition) is 1. The molecule has 0 saturated carbocycles. The second-order valence-electron chi connectivity index (χ2n) is 3.59. The van der Waals surface area contributed by atoms with Crippen LogP contribution < -0.4 is 0 Å². The molecular formula is C10H10ClFO2. The molecule has 0 aliphatic carbocycles. The van der Waals surface area contributed by atoms with Gasteiger partial charge in [-0.15, -0.1) is 0 Å². The Hall–Kier alpha value is -1.09. The maximum Gasteiger partial charge on any atom is 0.313 e. The van der Waals surface area contributed by atoms with Crippen LogP contribution in [0.5, 0.6) is 0 Å². The predicted molar refractivity (Wildman–Crippen MR) is 52.1 cm³/mol. The Morgan fingerprint density at radius 3 is 2.43 bits per heavy atom.